The van der Waals surface area contributed by atoms with E-state index in [1.807, 2.05) is 32.0 Å². The molecule has 0 spiro atoms. The van der Waals surface area contributed by atoms with E-state index in [9.17, 15) is 10.1 Å². The second-order valence-electron chi connectivity index (χ2n) is 4.75. The first-order valence-electron chi connectivity index (χ1n) is 6.87. The SMILES string of the molecule is CCCNc1cccc(Oc2cccc(C)c2)c1[N+](=O)[O-]. The number of nitrogens with one attached hydrogen (secondary N) is 1. The van der Waals surface area contributed by atoms with Crippen LogP contribution in [0, 0.1) is 17.0 Å². The average molecular weight is 286 g/mol. The molecule has 0 aliphatic heterocycles. The van der Waals surface area contributed by atoms with Crippen LogP contribution in [0.5, 0.6) is 11.5 Å². The fourth-order valence-corrected chi connectivity index (χ4v) is 2.00. The summed E-state index contributed by atoms with van der Waals surface area (Å²) in [5.41, 5.74) is 1.48. The van der Waals surface area contributed by atoms with Crippen LogP contribution in [0.25, 0.3) is 0 Å². The number of ether oxygens (including phenoxy) is 1. The monoisotopic (exact) mass is 286 g/mol. The third-order valence-corrected chi connectivity index (χ3v) is 2.96. The molecule has 0 saturated carbocycles. The fourth-order valence-electron chi connectivity index (χ4n) is 2.00. The molecule has 5 heteroatoms. The van der Waals surface area contributed by atoms with Crippen molar-refractivity contribution < 1.29 is 9.66 Å². The molecule has 21 heavy (non-hydrogen) atoms. The molecule has 1 N–H and O–H groups in total. The van der Waals surface area contributed by atoms with E-state index in [1.165, 1.54) is 0 Å². The van der Waals surface area contributed by atoms with Gasteiger partial charge in [0.15, 0.2) is 0 Å². The van der Waals surface area contributed by atoms with Gasteiger partial charge >= 0.3 is 5.69 Å². The zero-order chi connectivity index (χ0) is 15.2. The van der Waals surface area contributed by atoms with Crippen LogP contribution in [0.3, 0.4) is 0 Å². The Balaban J connectivity index is 2.36. The molecular formula is C16H18N2O3. The van der Waals surface area contributed by atoms with Crippen molar-refractivity contribution in [2.45, 2.75) is 20.3 Å². The second kappa shape index (κ2) is 6.74. The Morgan fingerprint density at radius 3 is 2.67 bits per heavy atom. The lowest BCUT2D eigenvalue weighted by Gasteiger charge is -2.11. The van der Waals surface area contributed by atoms with Gasteiger partial charge in [0.05, 0.1) is 4.92 Å². The number of nitrogens with zero attached hydrogens (tertiary/aromatic N) is 1. The van der Waals surface area contributed by atoms with Crippen molar-refractivity contribution in [3.8, 4) is 11.5 Å². The van der Waals surface area contributed by atoms with Gasteiger partial charge in [0.25, 0.3) is 0 Å². The Morgan fingerprint density at radius 2 is 2.00 bits per heavy atom. The van der Waals surface area contributed by atoms with E-state index in [-0.39, 0.29) is 11.4 Å². The molecule has 0 saturated heterocycles. The van der Waals surface area contributed by atoms with E-state index in [2.05, 4.69) is 5.32 Å². The molecule has 110 valence electrons. The number of nitro groups is 1. The van der Waals surface area contributed by atoms with Crippen molar-refractivity contribution in [2.24, 2.45) is 0 Å². The Kier molecular flexibility index (Phi) is 4.77. The van der Waals surface area contributed by atoms with Gasteiger partial charge in [-0.05, 0) is 43.2 Å². The molecule has 0 bridgehead atoms. The van der Waals surface area contributed by atoms with Gasteiger partial charge in [0, 0.05) is 6.54 Å². The Morgan fingerprint density at radius 1 is 1.24 bits per heavy atom. The minimum atomic E-state index is -0.414. The first-order chi connectivity index (χ1) is 10.1. The van der Waals surface area contributed by atoms with Gasteiger partial charge in [-0.2, -0.15) is 0 Å². The zero-order valence-corrected chi connectivity index (χ0v) is 12.1. The summed E-state index contributed by atoms with van der Waals surface area (Å²) >= 11 is 0. The van der Waals surface area contributed by atoms with Gasteiger partial charge in [-0.25, -0.2) is 0 Å². The van der Waals surface area contributed by atoms with E-state index < -0.39 is 4.92 Å². The maximum Gasteiger partial charge on any atom is 0.334 e. The second-order valence-corrected chi connectivity index (χ2v) is 4.75. The van der Waals surface area contributed by atoms with E-state index in [0.29, 0.717) is 18.0 Å². The largest absolute Gasteiger partial charge is 0.450 e. The van der Waals surface area contributed by atoms with Crippen LogP contribution in [0.1, 0.15) is 18.9 Å². The quantitative estimate of drug-likeness (QED) is 0.626. The van der Waals surface area contributed by atoms with Crippen LogP contribution < -0.4 is 10.1 Å². The minimum Gasteiger partial charge on any atom is -0.450 e. The molecule has 5 nitrogen and oxygen atoms in total. The van der Waals surface area contributed by atoms with Crippen LogP contribution >= 0.6 is 0 Å². The van der Waals surface area contributed by atoms with Crippen molar-refractivity contribution in [1.29, 1.82) is 0 Å². The van der Waals surface area contributed by atoms with Gasteiger partial charge in [-0.15, -0.1) is 0 Å². The summed E-state index contributed by atoms with van der Waals surface area (Å²) < 4.78 is 5.69. The van der Waals surface area contributed by atoms with Gasteiger partial charge in [-0.1, -0.05) is 25.1 Å². The summed E-state index contributed by atoms with van der Waals surface area (Å²) in [7, 11) is 0. The molecule has 0 aromatic heterocycles. The molecule has 0 atom stereocenters. The van der Waals surface area contributed by atoms with Crippen molar-refractivity contribution in [3.05, 3.63) is 58.1 Å². The van der Waals surface area contributed by atoms with Crippen molar-refractivity contribution in [1.82, 2.24) is 0 Å². The highest BCUT2D eigenvalue weighted by Crippen LogP contribution is 2.37. The Hall–Kier alpha value is -2.56. The lowest BCUT2D eigenvalue weighted by Crippen LogP contribution is -2.04. The number of nitro benzene ring substituents is 1. The summed E-state index contributed by atoms with van der Waals surface area (Å²) in [6, 6.07) is 12.5. The maximum atomic E-state index is 11.3. The average Bonchev–Trinajstić information content (AvgIpc) is 2.45. The summed E-state index contributed by atoms with van der Waals surface area (Å²) in [5.74, 6) is 0.831. The lowest BCUT2D eigenvalue weighted by molar-refractivity contribution is -0.384. The summed E-state index contributed by atoms with van der Waals surface area (Å²) in [6.45, 7) is 4.63. The number of para-hydroxylation sites is 1. The van der Waals surface area contributed by atoms with Crippen LogP contribution in [0.2, 0.25) is 0 Å². The van der Waals surface area contributed by atoms with Crippen LogP contribution in [0.4, 0.5) is 11.4 Å². The molecule has 0 aliphatic carbocycles. The number of rotatable bonds is 6. The molecular weight excluding hydrogens is 268 g/mol. The number of benzene rings is 2. The highest BCUT2D eigenvalue weighted by Gasteiger charge is 2.21. The van der Waals surface area contributed by atoms with Crippen LogP contribution in [-0.4, -0.2) is 11.5 Å². The normalized spacial score (nSPS) is 10.2. The van der Waals surface area contributed by atoms with Gasteiger partial charge in [-0.3, -0.25) is 10.1 Å². The molecule has 2 aromatic rings. The van der Waals surface area contributed by atoms with Crippen LogP contribution in [-0.2, 0) is 0 Å². The molecule has 0 unspecified atom stereocenters. The van der Waals surface area contributed by atoms with E-state index >= 15 is 0 Å². The summed E-state index contributed by atoms with van der Waals surface area (Å²) in [4.78, 5) is 10.9. The smallest absolute Gasteiger partial charge is 0.334 e. The summed E-state index contributed by atoms with van der Waals surface area (Å²) in [5, 5.41) is 14.4. The number of hydrogen-bond acceptors (Lipinski definition) is 4. The van der Waals surface area contributed by atoms with Gasteiger partial charge in [0.1, 0.15) is 11.4 Å². The van der Waals surface area contributed by atoms with Crippen molar-refractivity contribution >= 4 is 11.4 Å². The third-order valence-electron chi connectivity index (χ3n) is 2.96. The Labute approximate surface area is 123 Å². The number of anilines is 1. The molecule has 0 radical (unpaired) electrons. The highest BCUT2D eigenvalue weighted by molar-refractivity contribution is 5.69. The lowest BCUT2D eigenvalue weighted by atomic mass is 10.2. The van der Waals surface area contributed by atoms with E-state index in [0.717, 1.165) is 12.0 Å². The van der Waals surface area contributed by atoms with Gasteiger partial charge < -0.3 is 10.1 Å². The third kappa shape index (κ3) is 3.72. The van der Waals surface area contributed by atoms with Crippen molar-refractivity contribution in [2.75, 3.05) is 11.9 Å². The Bertz CT molecular complexity index is 641. The summed E-state index contributed by atoms with van der Waals surface area (Å²) in [6.07, 6.45) is 0.889. The standard InChI is InChI=1S/C16H18N2O3/c1-3-10-17-14-8-5-9-15(16(14)18(19)20)21-13-7-4-6-12(2)11-13/h4-9,11,17H,3,10H2,1-2H3. The maximum absolute atomic E-state index is 11.3. The number of hydrogen-bond donors (Lipinski definition) is 1. The van der Waals surface area contributed by atoms with E-state index in [4.69, 9.17) is 4.74 Å². The van der Waals surface area contributed by atoms with E-state index in [1.54, 1.807) is 24.3 Å². The minimum absolute atomic E-state index is 0.0348. The molecule has 0 amide bonds. The molecule has 0 heterocycles. The first kappa shape index (κ1) is 14.8. The fraction of sp³-hybridized carbons (Fsp3) is 0.250. The molecule has 2 rings (SSSR count). The van der Waals surface area contributed by atoms with Gasteiger partial charge in [0.2, 0.25) is 5.75 Å². The predicted molar refractivity (Wildman–Crippen MR) is 83.1 cm³/mol. The number of aryl methyl sites for hydroxylation is 1. The highest BCUT2D eigenvalue weighted by atomic mass is 16.6. The predicted octanol–water partition coefficient (Wildman–Crippen LogP) is 4.52. The zero-order valence-electron chi connectivity index (χ0n) is 12.1. The first-order valence-corrected chi connectivity index (χ1v) is 6.87. The molecule has 0 aliphatic rings. The topological polar surface area (TPSA) is 64.4 Å². The van der Waals surface area contributed by atoms with Crippen molar-refractivity contribution in [3.63, 3.8) is 0 Å². The van der Waals surface area contributed by atoms with Crippen LogP contribution in [0.15, 0.2) is 42.5 Å². The molecule has 0 fully saturated rings. The molecule has 2 aromatic carbocycles.